The highest BCUT2D eigenvalue weighted by Crippen LogP contribution is 1.94. The summed E-state index contributed by atoms with van der Waals surface area (Å²) in [7, 11) is 0. The van der Waals surface area contributed by atoms with Crippen LogP contribution in [0.1, 0.15) is 11.1 Å². The van der Waals surface area contributed by atoms with Crippen LogP contribution in [0.4, 0.5) is 4.39 Å². The standard InChI is InChI=1S/C6H6FNO.C6H7NO/c1-4-2-3-8-6(9)5(4)7;1-5-2-3-7-6(8)4-5/h2-3H,1H3,(H,8,9);2-4H,1H3,(H,7,8). The van der Waals surface area contributed by atoms with Crippen molar-refractivity contribution < 1.29 is 4.39 Å². The number of hydrogen-bond acceptors (Lipinski definition) is 2. The van der Waals surface area contributed by atoms with E-state index >= 15 is 0 Å². The van der Waals surface area contributed by atoms with E-state index < -0.39 is 11.4 Å². The maximum atomic E-state index is 12.4. The van der Waals surface area contributed by atoms with Crippen molar-refractivity contribution in [3.63, 3.8) is 0 Å². The Morgan fingerprint density at radius 1 is 1.06 bits per heavy atom. The van der Waals surface area contributed by atoms with Crippen molar-refractivity contribution in [3.8, 4) is 0 Å². The Balaban J connectivity index is 0.000000171. The topological polar surface area (TPSA) is 65.7 Å². The molecule has 0 aliphatic rings. The van der Waals surface area contributed by atoms with Crippen molar-refractivity contribution in [2.75, 3.05) is 0 Å². The first-order valence-electron chi connectivity index (χ1n) is 5.00. The number of nitrogens with one attached hydrogen (secondary N) is 2. The Hall–Kier alpha value is -2.17. The second-order valence-electron chi connectivity index (χ2n) is 3.53. The molecule has 4 nitrogen and oxygen atoms in total. The van der Waals surface area contributed by atoms with Gasteiger partial charge in [0.1, 0.15) is 0 Å². The van der Waals surface area contributed by atoms with E-state index in [0.717, 1.165) is 5.56 Å². The van der Waals surface area contributed by atoms with E-state index in [1.165, 1.54) is 12.3 Å². The van der Waals surface area contributed by atoms with Gasteiger partial charge in [0.15, 0.2) is 5.82 Å². The quantitative estimate of drug-likeness (QED) is 0.728. The Bertz CT molecular complexity index is 602. The van der Waals surface area contributed by atoms with Gasteiger partial charge in [-0.1, -0.05) is 0 Å². The van der Waals surface area contributed by atoms with E-state index in [2.05, 4.69) is 9.97 Å². The molecular formula is C12H13FN2O2. The monoisotopic (exact) mass is 236 g/mol. The van der Waals surface area contributed by atoms with E-state index in [1.807, 2.05) is 13.0 Å². The second kappa shape index (κ2) is 5.79. The first-order chi connectivity index (χ1) is 8.00. The van der Waals surface area contributed by atoms with Crippen LogP contribution in [0.25, 0.3) is 0 Å². The molecule has 2 aromatic rings. The molecule has 17 heavy (non-hydrogen) atoms. The van der Waals surface area contributed by atoms with Gasteiger partial charge in [0, 0.05) is 18.5 Å². The number of pyridine rings is 2. The predicted octanol–water partition coefficient (Wildman–Crippen LogP) is 1.51. The smallest absolute Gasteiger partial charge is 0.284 e. The van der Waals surface area contributed by atoms with E-state index in [1.54, 1.807) is 19.2 Å². The molecule has 2 aromatic heterocycles. The Morgan fingerprint density at radius 2 is 1.71 bits per heavy atom. The fraction of sp³-hybridized carbons (Fsp3) is 0.167. The molecule has 0 saturated carbocycles. The van der Waals surface area contributed by atoms with Crippen LogP contribution in [0.2, 0.25) is 0 Å². The van der Waals surface area contributed by atoms with Gasteiger partial charge in [-0.05, 0) is 37.1 Å². The van der Waals surface area contributed by atoms with Crippen molar-refractivity contribution in [1.82, 2.24) is 9.97 Å². The van der Waals surface area contributed by atoms with Gasteiger partial charge in [0.25, 0.3) is 5.56 Å². The zero-order chi connectivity index (χ0) is 12.8. The maximum Gasteiger partial charge on any atom is 0.284 e. The molecule has 2 rings (SSSR count). The van der Waals surface area contributed by atoms with Gasteiger partial charge < -0.3 is 9.97 Å². The molecule has 2 N–H and O–H groups in total. The molecule has 0 aromatic carbocycles. The first kappa shape index (κ1) is 12.9. The zero-order valence-electron chi connectivity index (χ0n) is 9.58. The zero-order valence-corrected chi connectivity index (χ0v) is 9.58. The van der Waals surface area contributed by atoms with Gasteiger partial charge in [0.2, 0.25) is 5.56 Å². The van der Waals surface area contributed by atoms with Gasteiger partial charge in [-0.3, -0.25) is 9.59 Å². The van der Waals surface area contributed by atoms with Crippen LogP contribution >= 0.6 is 0 Å². The van der Waals surface area contributed by atoms with Crippen LogP contribution in [0.15, 0.2) is 40.2 Å². The van der Waals surface area contributed by atoms with Crippen molar-refractivity contribution in [2.45, 2.75) is 13.8 Å². The lowest BCUT2D eigenvalue weighted by Crippen LogP contribution is -2.10. The summed E-state index contributed by atoms with van der Waals surface area (Å²) in [6.45, 7) is 3.43. The van der Waals surface area contributed by atoms with Crippen LogP contribution in [0.5, 0.6) is 0 Å². The number of aryl methyl sites for hydroxylation is 2. The third-order valence-corrected chi connectivity index (χ3v) is 2.02. The fourth-order valence-corrected chi connectivity index (χ4v) is 1.11. The number of rotatable bonds is 0. The number of H-pyrrole nitrogens is 2. The molecule has 0 aliphatic carbocycles. The molecule has 0 bridgehead atoms. The molecule has 0 fully saturated rings. The minimum absolute atomic E-state index is 0.0370. The van der Waals surface area contributed by atoms with Gasteiger partial charge in [0.05, 0.1) is 0 Å². The molecule has 5 heteroatoms. The number of aromatic nitrogens is 2. The molecule has 90 valence electrons. The van der Waals surface area contributed by atoms with Crippen LogP contribution in [-0.4, -0.2) is 9.97 Å². The lowest BCUT2D eigenvalue weighted by atomic mass is 10.3. The largest absolute Gasteiger partial charge is 0.329 e. The lowest BCUT2D eigenvalue weighted by Gasteiger charge is -1.89. The summed E-state index contributed by atoms with van der Waals surface area (Å²) in [5, 5.41) is 0. The van der Waals surface area contributed by atoms with Gasteiger partial charge in [-0.25, -0.2) is 4.39 Å². The van der Waals surface area contributed by atoms with Crippen LogP contribution in [0, 0.1) is 19.7 Å². The average Bonchev–Trinajstić information content (AvgIpc) is 2.26. The molecule has 0 aliphatic heterocycles. The number of aromatic amines is 2. The highest BCUT2D eigenvalue weighted by Gasteiger charge is 1.97. The predicted molar refractivity (Wildman–Crippen MR) is 63.6 cm³/mol. The van der Waals surface area contributed by atoms with E-state index in [0.29, 0.717) is 5.56 Å². The third kappa shape index (κ3) is 4.06. The van der Waals surface area contributed by atoms with Crippen LogP contribution < -0.4 is 11.1 Å². The molecule has 0 atom stereocenters. The van der Waals surface area contributed by atoms with Gasteiger partial charge in [-0.15, -0.1) is 0 Å². The summed E-state index contributed by atoms with van der Waals surface area (Å²) in [5.41, 5.74) is 0.674. The van der Waals surface area contributed by atoms with Crippen LogP contribution in [0.3, 0.4) is 0 Å². The molecule has 2 heterocycles. The van der Waals surface area contributed by atoms with Gasteiger partial charge >= 0.3 is 0 Å². The fourth-order valence-electron chi connectivity index (χ4n) is 1.11. The molecular weight excluding hydrogens is 223 g/mol. The number of hydrogen-bond donors (Lipinski definition) is 2. The number of halogens is 1. The van der Waals surface area contributed by atoms with E-state index in [-0.39, 0.29) is 5.56 Å². The van der Waals surface area contributed by atoms with Crippen molar-refractivity contribution in [2.24, 2.45) is 0 Å². The maximum absolute atomic E-state index is 12.4. The molecule has 0 spiro atoms. The summed E-state index contributed by atoms with van der Waals surface area (Å²) in [6.07, 6.45) is 3.05. The summed E-state index contributed by atoms with van der Waals surface area (Å²) >= 11 is 0. The third-order valence-electron chi connectivity index (χ3n) is 2.02. The normalized spacial score (nSPS) is 9.35. The second-order valence-corrected chi connectivity index (χ2v) is 3.53. The Morgan fingerprint density at radius 3 is 2.12 bits per heavy atom. The Kier molecular flexibility index (Phi) is 4.39. The van der Waals surface area contributed by atoms with Crippen molar-refractivity contribution in [1.29, 1.82) is 0 Å². The van der Waals surface area contributed by atoms with Crippen molar-refractivity contribution in [3.05, 3.63) is 68.2 Å². The lowest BCUT2D eigenvalue weighted by molar-refractivity contribution is 0.599. The van der Waals surface area contributed by atoms with Crippen LogP contribution in [-0.2, 0) is 0 Å². The first-order valence-corrected chi connectivity index (χ1v) is 5.00. The van der Waals surface area contributed by atoms with Crippen molar-refractivity contribution >= 4 is 0 Å². The molecule has 0 saturated heterocycles. The summed E-state index contributed by atoms with van der Waals surface area (Å²) in [5.74, 6) is -0.697. The van der Waals surface area contributed by atoms with E-state index in [9.17, 15) is 14.0 Å². The highest BCUT2D eigenvalue weighted by molar-refractivity contribution is 5.09. The molecule has 0 amide bonds. The molecule has 0 radical (unpaired) electrons. The molecule has 0 unspecified atom stereocenters. The van der Waals surface area contributed by atoms with Gasteiger partial charge in [-0.2, -0.15) is 0 Å². The summed E-state index contributed by atoms with van der Waals surface area (Å²) < 4.78 is 12.4. The SMILES string of the molecule is Cc1cc[nH]c(=O)c1.Cc1cc[nH]c(=O)c1F. The minimum Gasteiger partial charge on any atom is -0.329 e. The minimum atomic E-state index is -0.697. The average molecular weight is 236 g/mol. The van der Waals surface area contributed by atoms with E-state index in [4.69, 9.17) is 0 Å². The Labute approximate surface area is 97.2 Å². The highest BCUT2D eigenvalue weighted by atomic mass is 19.1. The summed E-state index contributed by atoms with van der Waals surface area (Å²) in [4.78, 5) is 25.6. The summed E-state index contributed by atoms with van der Waals surface area (Å²) in [6, 6.07) is 4.91.